The average molecular weight is 1350 g/mol. The standard InChI is InChI=1S/C47H48O12.C23H24O6.C3H5BrO2/c1-56-42-17-10-31(21-44(42)58-3)9-16-40(54)46(39(53)15-8-30-6-12-33(26-49)35(20-30)28-51)47(36-13-18-43(57-2)45(22-36)59-4)23-37(41(55)24-47)38(52)14-7-29-5-11-32(25-48)34(19-29)27-50;1-28-22-10-6-17(12-23(22)29-2)5-9-21(27)13-20(26)8-4-16-3-7-18(14-24)19(11-16)15-25;1-3(5)6-2-4/h5-22,37,46,48-51H,23-28H2,1-4H3;3-13,24-26H,14-15H2,1-2H3;2H2,1H3/b14-7+,15-8+,16-9+;8-4+,9-5+,20-13-;. The van der Waals surface area contributed by atoms with Crippen molar-refractivity contribution >= 4 is 81.2 Å². The molecular formula is C73H77BrO20. The Morgan fingerprint density at radius 3 is 1.22 bits per heavy atom. The van der Waals surface area contributed by atoms with Crippen molar-refractivity contribution in [3.63, 3.8) is 0 Å². The number of aliphatic hydroxyl groups is 7. The Labute approximate surface area is 553 Å². The number of aliphatic hydroxyl groups excluding tert-OH is 7. The molecule has 3 unspecified atom stereocenters. The lowest BCUT2D eigenvalue weighted by Crippen LogP contribution is -2.42. The van der Waals surface area contributed by atoms with Gasteiger partial charge >= 0.3 is 5.97 Å². The van der Waals surface area contributed by atoms with Crippen LogP contribution in [0, 0.1) is 11.8 Å². The average Bonchev–Trinajstić information content (AvgIpc) is 1.54. The molecule has 3 atom stereocenters. The second kappa shape index (κ2) is 37.8. The summed E-state index contributed by atoms with van der Waals surface area (Å²) >= 11 is 2.91. The topological polar surface area (TPSA) is 309 Å². The van der Waals surface area contributed by atoms with E-state index in [1.807, 2.05) is 0 Å². The fourth-order valence-corrected chi connectivity index (χ4v) is 10.6. The van der Waals surface area contributed by atoms with E-state index in [4.69, 9.17) is 28.4 Å². The Kier molecular flexibility index (Phi) is 30.2. The molecule has 0 spiro atoms. The molecule has 1 saturated carbocycles. The van der Waals surface area contributed by atoms with Crippen LogP contribution in [0.2, 0.25) is 0 Å². The lowest BCUT2D eigenvalue weighted by Gasteiger charge is -2.35. The van der Waals surface area contributed by atoms with Crippen LogP contribution in [0.3, 0.4) is 0 Å². The minimum Gasteiger partial charge on any atom is -0.508 e. The van der Waals surface area contributed by atoms with Crippen LogP contribution >= 0.6 is 15.9 Å². The summed E-state index contributed by atoms with van der Waals surface area (Å²) in [5.74, 6) is -3.18. The number of Topliss-reactive ketones (excluding diaryl/α,β-unsaturated/α-hetero) is 1. The maximum atomic E-state index is 14.7. The van der Waals surface area contributed by atoms with Crippen molar-refractivity contribution in [1.29, 1.82) is 0 Å². The number of rotatable bonds is 29. The molecule has 6 aromatic carbocycles. The van der Waals surface area contributed by atoms with Crippen molar-refractivity contribution in [2.45, 2.75) is 64.8 Å². The molecule has 0 bridgehead atoms. The van der Waals surface area contributed by atoms with Gasteiger partial charge in [-0.05, 0) is 174 Å². The van der Waals surface area contributed by atoms with E-state index < -0.39 is 40.4 Å². The van der Waals surface area contributed by atoms with Crippen molar-refractivity contribution in [3.05, 3.63) is 218 Å². The number of benzene rings is 6. The van der Waals surface area contributed by atoms with Gasteiger partial charge in [0, 0.05) is 24.8 Å². The van der Waals surface area contributed by atoms with E-state index in [9.17, 15) is 64.5 Å². The molecule has 7 N–H and O–H groups in total. The van der Waals surface area contributed by atoms with Gasteiger partial charge in [0.1, 0.15) is 17.1 Å². The third kappa shape index (κ3) is 20.7. The Morgan fingerprint density at radius 1 is 0.479 bits per heavy atom. The molecule has 496 valence electrons. The van der Waals surface area contributed by atoms with Gasteiger partial charge in [-0.3, -0.25) is 28.8 Å². The van der Waals surface area contributed by atoms with E-state index in [0.29, 0.717) is 89.9 Å². The summed E-state index contributed by atoms with van der Waals surface area (Å²) in [6.45, 7) is -0.233. The van der Waals surface area contributed by atoms with Gasteiger partial charge in [0.15, 0.2) is 57.6 Å². The van der Waals surface area contributed by atoms with Crippen LogP contribution in [-0.4, -0.2) is 119 Å². The highest BCUT2D eigenvalue weighted by atomic mass is 79.9. The summed E-state index contributed by atoms with van der Waals surface area (Å²) in [6, 6.07) is 30.2. The first kappa shape index (κ1) is 75.1. The van der Waals surface area contributed by atoms with E-state index >= 15 is 0 Å². The Morgan fingerprint density at radius 2 is 0.840 bits per heavy atom. The molecule has 21 heteroatoms. The number of alkyl halides is 1. The molecule has 0 saturated heterocycles. The molecule has 0 aliphatic heterocycles. The highest BCUT2D eigenvalue weighted by molar-refractivity contribution is 9.09. The minimum absolute atomic E-state index is 0.161. The molecule has 0 amide bonds. The molecule has 1 aliphatic carbocycles. The molecular weight excluding hydrogens is 1280 g/mol. The van der Waals surface area contributed by atoms with E-state index in [1.165, 1.54) is 91.1 Å². The van der Waals surface area contributed by atoms with Crippen LogP contribution in [0.4, 0.5) is 0 Å². The first-order valence-electron chi connectivity index (χ1n) is 29.1. The van der Waals surface area contributed by atoms with Gasteiger partial charge in [-0.25, -0.2) is 0 Å². The van der Waals surface area contributed by atoms with Gasteiger partial charge in [-0.15, -0.1) is 0 Å². The largest absolute Gasteiger partial charge is 0.508 e. The summed E-state index contributed by atoms with van der Waals surface area (Å²) in [4.78, 5) is 79.4. The number of ketones is 5. The molecule has 1 fully saturated rings. The van der Waals surface area contributed by atoms with Crippen LogP contribution in [0.5, 0.6) is 34.5 Å². The quantitative estimate of drug-likeness (QED) is 0.00574. The number of ether oxygens (including phenoxy) is 7. The smallest absolute Gasteiger partial charge is 0.303 e. The minimum atomic E-state index is -1.55. The summed E-state index contributed by atoms with van der Waals surface area (Å²) in [5.41, 5.74) is 5.50. The molecule has 6 aromatic rings. The maximum absolute atomic E-state index is 14.7. The number of allylic oxidation sites excluding steroid dienone is 6. The van der Waals surface area contributed by atoms with Crippen LogP contribution < -0.4 is 28.4 Å². The molecule has 0 heterocycles. The molecule has 1 aliphatic rings. The first-order chi connectivity index (χ1) is 45.2. The zero-order valence-corrected chi connectivity index (χ0v) is 54.7. The number of esters is 1. The summed E-state index contributed by atoms with van der Waals surface area (Å²) in [5, 5.41) is 67.4. The SMILES string of the molecule is CC(=O)OCBr.COc1ccc(/C=C/C(=O)/C=C(O)/C=C/c2ccc(CO)c(CO)c2)cc1OC.COc1ccc(/C=C/C(=O)C(C(=O)/C=C/c2ccc(CO)c(CO)c2)C2(c3ccc(OC)c(OC)c3)CC(=O)C(C(=O)/C=C/c3ccc(CO)c(CO)c3)C2)cc1OC. The van der Waals surface area contributed by atoms with Crippen molar-refractivity contribution in [3.8, 4) is 34.5 Å². The third-order valence-electron chi connectivity index (χ3n) is 15.2. The predicted octanol–water partition coefficient (Wildman–Crippen LogP) is 9.70. The van der Waals surface area contributed by atoms with E-state index in [-0.39, 0.29) is 75.7 Å². The fourth-order valence-electron chi connectivity index (χ4n) is 10.3. The van der Waals surface area contributed by atoms with E-state index in [0.717, 1.165) is 17.2 Å². The Balaban J connectivity index is 0.000000379. The molecule has 0 radical (unpaired) electrons. The van der Waals surface area contributed by atoms with Crippen LogP contribution in [0.25, 0.3) is 30.4 Å². The third-order valence-corrected chi connectivity index (χ3v) is 15.4. The second-order valence-corrected chi connectivity index (χ2v) is 21.4. The van der Waals surface area contributed by atoms with E-state index in [2.05, 4.69) is 20.7 Å². The van der Waals surface area contributed by atoms with Crippen molar-refractivity contribution in [2.75, 3.05) is 48.2 Å². The van der Waals surface area contributed by atoms with Gasteiger partial charge in [0.05, 0.1) is 94.1 Å². The van der Waals surface area contributed by atoms with Crippen LogP contribution in [-0.2, 0) is 78.6 Å². The van der Waals surface area contributed by atoms with Gasteiger partial charge in [0.2, 0.25) is 0 Å². The Hall–Kier alpha value is -9.58. The Bertz CT molecular complexity index is 3740. The normalized spacial score (nSPS) is 14.9. The second-order valence-electron chi connectivity index (χ2n) is 20.9. The number of hydrogen-bond acceptors (Lipinski definition) is 20. The predicted molar refractivity (Wildman–Crippen MR) is 358 cm³/mol. The molecule has 7 rings (SSSR count). The molecule has 20 nitrogen and oxygen atoms in total. The van der Waals surface area contributed by atoms with Crippen molar-refractivity contribution < 1.29 is 97.7 Å². The van der Waals surface area contributed by atoms with E-state index in [1.54, 1.807) is 128 Å². The highest BCUT2D eigenvalue weighted by Crippen LogP contribution is 2.51. The van der Waals surface area contributed by atoms with Crippen LogP contribution in [0.15, 0.2) is 151 Å². The van der Waals surface area contributed by atoms with Crippen molar-refractivity contribution in [2.24, 2.45) is 11.8 Å². The number of carbonyl (C=O) groups is 6. The zero-order valence-electron chi connectivity index (χ0n) is 53.1. The van der Waals surface area contributed by atoms with Gasteiger partial charge < -0.3 is 68.9 Å². The summed E-state index contributed by atoms with van der Waals surface area (Å²) < 4.78 is 36.6. The van der Waals surface area contributed by atoms with Gasteiger partial charge in [-0.2, -0.15) is 0 Å². The number of methoxy groups -OCH3 is 6. The number of hydrogen-bond donors (Lipinski definition) is 7. The fraction of sp³-hybridized carbons (Fsp3) is 0.260. The van der Waals surface area contributed by atoms with Crippen LogP contribution in [0.1, 0.15) is 86.5 Å². The molecule has 0 aromatic heterocycles. The lowest BCUT2D eigenvalue weighted by molar-refractivity contribution is -0.138. The number of halogens is 1. The zero-order chi connectivity index (χ0) is 68.9. The monoisotopic (exact) mass is 1350 g/mol. The summed E-state index contributed by atoms with van der Waals surface area (Å²) in [6.07, 6.45) is 14.8. The van der Waals surface area contributed by atoms with Crippen molar-refractivity contribution in [1.82, 2.24) is 0 Å². The lowest BCUT2D eigenvalue weighted by atomic mass is 9.64. The molecule has 94 heavy (non-hydrogen) atoms. The highest BCUT2D eigenvalue weighted by Gasteiger charge is 2.56. The first-order valence-corrected chi connectivity index (χ1v) is 30.2. The number of carbonyl (C=O) groups excluding carboxylic acids is 6. The maximum Gasteiger partial charge on any atom is 0.303 e. The summed E-state index contributed by atoms with van der Waals surface area (Å²) in [7, 11) is 8.95. The van der Waals surface area contributed by atoms with Gasteiger partial charge in [-0.1, -0.05) is 85.0 Å². The van der Waals surface area contributed by atoms with Gasteiger partial charge in [0.25, 0.3) is 0 Å².